The van der Waals surface area contributed by atoms with E-state index in [1.807, 2.05) is 12.1 Å². The van der Waals surface area contributed by atoms with Gasteiger partial charge in [0, 0.05) is 0 Å². The minimum atomic E-state index is -0.736. The van der Waals surface area contributed by atoms with Crippen molar-refractivity contribution in [2.24, 2.45) is 5.73 Å². The third-order valence-corrected chi connectivity index (χ3v) is 3.45. The highest BCUT2D eigenvalue weighted by molar-refractivity contribution is 5.68. The van der Waals surface area contributed by atoms with Crippen LogP contribution in [0.5, 0.6) is 5.75 Å². The van der Waals surface area contributed by atoms with Gasteiger partial charge in [-0.1, -0.05) is 51.7 Å². The van der Waals surface area contributed by atoms with E-state index in [1.54, 1.807) is 0 Å². The second kappa shape index (κ2) is 9.40. The van der Waals surface area contributed by atoms with Crippen LogP contribution in [0.3, 0.4) is 0 Å². The summed E-state index contributed by atoms with van der Waals surface area (Å²) in [5, 5.41) is 0. The molecule has 0 saturated carbocycles. The fourth-order valence-electron chi connectivity index (χ4n) is 2.34. The number of primary amides is 1. The number of rotatable bonds is 9. The highest BCUT2D eigenvalue weighted by atomic mass is 16.5. The number of hydrogen-bond acceptors (Lipinski definition) is 2. The van der Waals surface area contributed by atoms with E-state index in [-0.39, 0.29) is 0 Å². The molecule has 0 aliphatic heterocycles. The normalized spacial score (nSPS) is 10.5. The summed E-state index contributed by atoms with van der Waals surface area (Å²) < 4.78 is 5.10. The van der Waals surface area contributed by atoms with Crippen LogP contribution in [-0.4, -0.2) is 6.09 Å². The van der Waals surface area contributed by atoms with Crippen LogP contribution >= 0.6 is 0 Å². The molecule has 2 N–H and O–H groups in total. The summed E-state index contributed by atoms with van der Waals surface area (Å²) in [5.74, 6) is 0.618. The van der Waals surface area contributed by atoms with Crippen LogP contribution in [0.25, 0.3) is 0 Å². The molecule has 0 spiro atoms. The molecule has 1 aromatic carbocycles. The summed E-state index contributed by atoms with van der Waals surface area (Å²) in [6.45, 7) is 4.39. The summed E-state index contributed by atoms with van der Waals surface area (Å²) in [6, 6.07) is 6.09. The monoisotopic (exact) mass is 277 g/mol. The average Bonchev–Trinajstić information content (AvgIpc) is 2.41. The van der Waals surface area contributed by atoms with Gasteiger partial charge in [-0.15, -0.1) is 0 Å². The summed E-state index contributed by atoms with van der Waals surface area (Å²) in [4.78, 5) is 10.9. The molecule has 20 heavy (non-hydrogen) atoms. The Morgan fingerprint density at radius 3 is 2.30 bits per heavy atom. The molecule has 3 nitrogen and oxygen atoms in total. The van der Waals surface area contributed by atoms with E-state index in [0.29, 0.717) is 5.75 Å². The maximum absolute atomic E-state index is 10.9. The number of aryl methyl sites for hydroxylation is 2. The van der Waals surface area contributed by atoms with Gasteiger partial charge < -0.3 is 10.5 Å². The van der Waals surface area contributed by atoms with Crippen LogP contribution in [0.15, 0.2) is 18.2 Å². The van der Waals surface area contributed by atoms with Gasteiger partial charge in [0.15, 0.2) is 0 Å². The Kier molecular flexibility index (Phi) is 7.78. The lowest BCUT2D eigenvalue weighted by Crippen LogP contribution is -2.17. The minimum absolute atomic E-state index is 0.618. The molecule has 0 unspecified atom stereocenters. The molecule has 0 heterocycles. The Morgan fingerprint density at radius 2 is 1.70 bits per heavy atom. The molecular weight excluding hydrogens is 250 g/mol. The number of unbranched alkanes of at least 4 members (excludes halogenated alkanes) is 4. The van der Waals surface area contributed by atoms with Crippen molar-refractivity contribution >= 4 is 6.09 Å². The highest BCUT2D eigenvalue weighted by Gasteiger charge is 2.08. The van der Waals surface area contributed by atoms with Crippen molar-refractivity contribution in [3.63, 3.8) is 0 Å². The van der Waals surface area contributed by atoms with Crippen molar-refractivity contribution in [1.29, 1.82) is 0 Å². The number of carbonyl (C=O) groups excluding carboxylic acids is 1. The van der Waals surface area contributed by atoms with E-state index in [4.69, 9.17) is 10.5 Å². The van der Waals surface area contributed by atoms with E-state index in [0.717, 1.165) is 24.8 Å². The Bertz CT molecular complexity index is 415. The van der Waals surface area contributed by atoms with Gasteiger partial charge in [0.1, 0.15) is 5.75 Å². The fraction of sp³-hybridized carbons (Fsp3) is 0.588. The summed E-state index contributed by atoms with van der Waals surface area (Å²) in [6.07, 6.45) is 8.48. The zero-order valence-corrected chi connectivity index (χ0v) is 12.8. The van der Waals surface area contributed by atoms with E-state index in [2.05, 4.69) is 19.9 Å². The molecule has 0 atom stereocenters. The zero-order chi connectivity index (χ0) is 14.8. The molecular formula is C17H27NO2. The number of hydrogen-bond donors (Lipinski definition) is 1. The third-order valence-electron chi connectivity index (χ3n) is 3.45. The number of benzene rings is 1. The molecule has 3 heteroatoms. The van der Waals surface area contributed by atoms with Crippen molar-refractivity contribution < 1.29 is 9.53 Å². The minimum Gasteiger partial charge on any atom is -0.410 e. The lowest BCUT2D eigenvalue weighted by atomic mass is 10.0. The van der Waals surface area contributed by atoms with Gasteiger partial charge in [0.2, 0.25) is 0 Å². The van der Waals surface area contributed by atoms with Gasteiger partial charge in [-0.3, -0.25) is 0 Å². The first kappa shape index (κ1) is 16.5. The fourth-order valence-corrected chi connectivity index (χ4v) is 2.34. The quantitative estimate of drug-likeness (QED) is 0.670. The van der Waals surface area contributed by atoms with Gasteiger partial charge in [-0.05, 0) is 42.9 Å². The third kappa shape index (κ3) is 6.09. The van der Waals surface area contributed by atoms with E-state index >= 15 is 0 Å². The Labute approximate surface area is 122 Å². The Balaban J connectivity index is 2.75. The average molecular weight is 277 g/mol. The molecule has 1 rings (SSSR count). The molecule has 0 bridgehead atoms. The summed E-state index contributed by atoms with van der Waals surface area (Å²) >= 11 is 0. The highest BCUT2D eigenvalue weighted by Crippen LogP contribution is 2.23. The molecule has 112 valence electrons. The van der Waals surface area contributed by atoms with Crippen molar-refractivity contribution in [3.8, 4) is 5.75 Å². The van der Waals surface area contributed by atoms with Gasteiger partial charge >= 0.3 is 6.09 Å². The van der Waals surface area contributed by atoms with Crippen molar-refractivity contribution in [2.75, 3.05) is 0 Å². The van der Waals surface area contributed by atoms with Crippen molar-refractivity contribution in [1.82, 2.24) is 0 Å². The van der Waals surface area contributed by atoms with E-state index in [1.165, 1.54) is 37.7 Å². The van der Waals surface area contributed by atoms with E-state index in [9.17, 15) is 4.79 Å². The van der Waals surface area contributed by atoms with Gasteiger partial charge in [0.25, 0.3) is 0 Å². The molecule has 0 saturated heterocycles. The Hall–Kier alpha value is -1.51. The topological polar surface area (TPSA) is 52.3 Å². The number of carbonyl (C=O) groups is 1. The van der Waals surface area contributed by atoms with Crippen LogP contribution in [0.2, 0.25) is 0 Å². The van der Waals surface area contributed by atoms with E-state index < -0.39 is 6.09 Å². The van der Waals surface area contributed by atoms with Crippen LogP contribution < -0.4 is 10.5 Å². The van der Waals surface area contributed by atoms with Crippen LogP contribution in [-0.2, 0) is 12.8 Å². The zero-order valence-electron chi connectivity index (χ0n) is 12.8. The molecule has 0 aliphatic carbocycles. The van der Waals surface area contributed by atoms with Crippen LogP contribution in [0.1, 0.15) is 63.5 Å². The summed E-state index contributed by atoms with van der Waals surface area (Å²) in [7, 11) is 0. The van der Waals surface area contributed by atoms with Crippen molar-refractivity contribution in [3.05, 3.63) is 29.3 Å². The first-order chi connectivity index (χ1) is 9.67. The number of ether oxygens (including phenoxy) is 1. The van der Waals surface area contributed by atoms with Crippen LogP contribution in [0, 0.1) is 0 Å². The summed E-state index contributed by atoms with van der Waals surface area (Å²) in [5.41, 5.74) is 7.55. The Morgan fingerprint density at radius 1 is 1.05 bits per heavy atom. The number of nitrogens with two attached hydrogens (primary N) is 1. The largest absolute Gasteiger partial charge is 0.410 e. The second-order valence-corrected chi connectivity index (χ2v) is 5.28. The standard InChI is InChI=1S/C17H27NO2/c1-3-5-7-9-14-11-12-16(20-17(18)19)15(13-14)10-8-6-4-2/h11-13H,3-10H2,1-2H3,(H2,18,19). The predicted molar refractivity (Wildman–Crippen MR) is 83.1 cm³/mol. The second-order valence-electron chi connectivity index (χ2n) is 5.28. The molecule has 0 aliphatic rings. The lowest BCUT2D eigenvalue weighted by Gasteiger charge is -2.11. The lowest BCUT2D eigenvalue weighted by molar-refractivity contribution is 0.210. The molecule has 1 aromatic rings. The molecule has 0 fully saturated rings. The van der Waals surface area contributed by atoms with Gasteiger partial charge in [-0.25, -0.2) is 4.79 Å². The van der Waals surface area contributed by atoms with Crippen molar-refractivity contribution in [2.45, 2.75) is 65.2 Å². The SMILES string of the molecule is CCCCCc1ccc(OC(N)=O)c(CCCCC)c1. The van der Waals surface area contributed by atoms with Crippen LogP contribution in [0.4, 0.5) is 4.79 Å². The smallest absolute Gasteiger partial charge is 0.409 e. The first-order valence-corrected chi connectivity index (χ1v) is 7.76. The molecule has 0 aromatic heterocycles. The van der Waals surface area contributed by atoms with Gasteiger partial charge in [-0.2, -0.15) is 0 Å². The van der Waals surface area contributed by atoms with Gasteiger partial charge in [0.05, 0.1) is 0 Å². The molecule has 0 radical (unpaired) electrons. The maximum atomic E-state index is 10.9. The maximum Gasteiger partial charge on any atom is 0.409 e. The predicted octanol–water partition coefficient (Wildman–Crippen LogP) is 4.61. The number of amides is 1. The molecule has 1 amide bonds. The first-order valence-electron chi connectivity index (χ1n) is 7.76.